The third-order valence-electron chi connectivity index (χ3n) is 4.81. The number of nitrogens with one attached hydrogen (secondary N) is 1. The fourth-order valence-electron chi connectivity index (χ4n) is 3.13. The Hall–Kier alpha value is -4.52. The first kappa shape index (κ1) is 19.8. The fraction of sp³-hybridized carbons (Fsp3) is 0.143. The molecule has 0 radical (unpaired) electrons. The predicted molar refractivity (Wildman–Crippen MR) is 115 cm³/mol. The van der Waals surface area contributed by atoms with Crippen molar-refractivity contribution in [2.75, 3.05) is 11.9 Å². The van der Waals surface area contributed by atoms with Gasteiger partial charge in [0.1, 0.15) is 17.2 Å². The van der Waals surface area contributed by atoms with E-state index >= 15 is 0 Å². The quantitative estimate of drug-likeness (QED) is 0.492. The zero-order valence-electron chi connectivity index (χ0n) is 16.7. The van der Waals surface area contributed by atoms with Crippen molar-refractivity contribution in [3.8, 4) is 23.7 Å². The molecule has 0 fully saturated rings. The standard InChI is InChI=1S/C21H17N7O3/c1-4-10-28-20(30)16-18(27(3)21(28)31)25-17(24-16)13-7-8-15(23-12-13)26(2)19(29)14-6-5-9-22-11-14/h1,5-9,11-12H,10H2,2-3H3,(H,24,25). The highest BCUT2D eigenvalue weighted by Gasteiger charge is 2.17. The molecule has 10 heteroatoms. The number of H-pyrrole nitrogens is 1. The highest BCUT2D eigenvalue weighted by molar-refractivity contribution is 6.05. The van der Waals surface area contributed by atoms with Gasteiger partial charge in [0, 0.05) is 38.2 Å². The largest absolute Gasteiger partial charge is 0.333 e. The van der Waals surface area contributed by atoms with E-state index in [1.54, 1.807) is 37.5 Å². The first-order chi connectivity index (χ1) is 14.9. The topological polar surface area (TPSA) is 119 Å². The predicted octanol–water partition coefficient (Wildman–Crippen LogP) is 0.790. The van der Waals surface area contributed by atoms with Crippen LogP contribution >= 0.6 is 0 Å². The molecule has 0 unspecified atom stereocenters. The Kier molecular flexibility index (Phi) is 4.92. The number of fused-ring (bicyclic) bond motifs is 1. The maximum atomic E-state index is 12.6. The zero-order chi connectivity index (χ0) is 22.1. The number of hydrogen-bond acceptors (Lipinski definition) is 6. The number of aryl methyl sites for hydroxylation is 1. The number of nitrogens with zero attached hydrogens (tertiary/aromatic N) is 6. The summed E-state index contributed by atoms with van der Waals surface area (Å²) in [6.07, 6.45) is 9.86. The second-order valence-electron chi connectivity index (χ2n) is 6.73. The molecule has 1 amide bonds. The number of carbonyl (C=O) groups excluding carboxylic acids is 1. The molecule has 4 aromatic rings. The number of amides is 1. The van der Waals surface area contributed by atoms with Crippen molar-refractivity contribution in [3.63, 3.8) is 0 Å². The Morgan fingerprint density at radius 1 is 1.26 bits per heavy atom. The van der Waals surface area contributed by atoms with E-state index in [2.05, 4.69) is 25.9 Å². The second-order valence-corrected chi connectivity index (χ2v) is 6.73. The lowest BCUT2D eigenvalue weighted by Crippen LogP contribution is -2.38. The van der Waals surface area contributed by atoms with Gasteiger partial charge in [-0.2, -0.15) is 0 Å². The molecule has 4 aromatic heterocycles. The maximum Gasteiger partial charge on any atom is 0.333 e. The molecule has 4 rings (SSSR count). The van der Waals surface area contributed by atoms with Crippen LogP contribution in [0.4, 0.5) is 5.82 Å². The van der Waals surface area contributed by atoms with Crippen molar-refractivity contribution in [3.05, 3.63) is 69.3 Å². The van der Waals surface area contributed by atoms with Gasteiger partial charge in [-0.3, -0.25) is 24.0 Å². The van der Waals surface area contributed by atoms with Crippen LogP contribution in [0.3, 0.4) is 0 Å². The van der Waals surface area contributed by atoms with Crippen molar-refractivity contribution < 1.29 is 4.79 Å². The summed E-state index contributed by atoms with van der Waals surface area (Å²) in [6.45, 7) is -0.136. The number of aromatic amines is 1. The molecule has 4 heterocycles. The molecule has 0 saturated carbocycles. The van der Waals surface area contributed by atoms with Crippen LogP contribution in [0.1, 0.15) is 10.4 Å². The SMILES string of the molecule is C#CCn1c(=O)c2[nH]c(-c3ccc(N(C)C(=O)c4cccnc4)nc3)nc2n(C)c1=O. The van der Waals surface area contributed by atoms with Crippen molar-refractivity contribution in [1.29, 1.82) is 0 Å². The number of imidazole rings is 1. The number of hydrogen-bond donors (Lipinski definition) is 1. The van der Waals surface area contributed by atoms with Crippen LogP contribution in [0.2, 0.25) is 0 Å². The number of carbonyl (C=O) groups is 1. The van der Waals surface area contributed by atoms with Crippen molar-refractivity contribution in [1.82, 2.24) is 29.1 Å². The van der Waals surface area contributed by atoms with Crippen molar-refractivity contribution >= 4 is 22.9 Å². The maximum absolute atomic E-state index is 12.6. The molecule has 0 atom stereocenters. The molecule has 0 aliphatic carbocycles. The van der Waals surface area contributed by atoms with E-state index in [0.717, 1.165) is 4.57 Å². The first-order valence-corrected chi connectivity index (χ1v) is 9.20. The minimum atomic E-state index is -0.544. The number of pyridine rings is 2. The van der Waals surface area contributed by atoms with E-state index in [1.807, 2.05) is 0 Å². The van der Waals surface area contributed by atoms with Gasteiger partial charge < -0.3 is 4.98 Å². The van der Waals surface area contributed by atoms with Crippen molar-refractivity contribution in [2.45, 2.75) is 6.54 Å². The molecule has 0 aromatic carbocycles. The molecule has 154 valence electrons. The van der Waals surface area contributed by atoms with Crippen LogP contribution in [-0.4, -0.2) is 42.0 Å². The molecule has 0 aliphatic rings. The summed E-state index contributed by atoms with van der Waals surface area (Å²) in [7, 11) is 3.13. The van der Waals surface area contributed by atoms with Gasteiger partial charge in [-0.15, -0.1) is 6.42 Å². The molecule has 0 aliphatic heterocycles. The summed E-state index contributed by atoms with van der Waals surface area (Å²) in [6, 6.07) is 6.73. The number of aromatic nitrogens is 6. The average Bonchev–Trinajstić information content (AvgIpc) is 3.26. The van der Waals surface area contributed by atoms with Crippen LogP contribution < -0.4 is 16.1 Å². The molecule has 10 nitrogen and oxygen atoms in total. The van der Waals surface area contributed by atoms with E-state index in [9.17, 15) is 14.4 Å². The summed E-state index contributed by atoms with van der Waals surface area (Å²) in [5.41, 5.74) is 0.320. The van der Waals surface area contributed by atoms with Crippen LogP contribution in [0.5, 0.6) is 0 Å². The number of terminal acetylenes is 1. The molecule has 0 saturated heterocycles. The van der Waals surface area contributed by atoms with Crippen LogP contribution in [0.25, 0.3) is 22.6 Å². The second kappa shape index (κ2) is 7.72. The van der Waals surface area contributed by atoms with Crippen LogP contribution in [-0.2, 0) is 13.6 Å². The zero-order valence-corrected chi connectivity index (χ0v) is 16.7. The molecule has 1 N–H and O–H groups in total. The monoisotopic (exact) mass is 415 g/mol. The van der Waals surface area contributed by atoms with Crippen LogP contribution in [0.15, 0.2) is 52.4 Å². The summed E-state index contributed by atoms with van der Waals surface area (Å²) in [5, 5.41) is 0. The highest BCUT2D eigenvalue weighted by atomic mass is 16.2. The smallest absolute Gasteiger partial charge is 0.332 e. The lowest BCUT2D eigenvalue weighted by atomic mass is 10.2. The Morgan fingerprint density at radius 2 is 2.06 bits per heavy atom. The third-order valence-corrected chi connectivity index (χ3v) is 4.81. The summed E-state index contributed by atoms with van der Waals surface area (Å²) in [5.74, 6) is 2.84. The Balaban J connectivity index is 1.70. The number of rotatable bonds is 4. The van der Waals surface area contributed by atoms with Gasteiger partial charge in [0.05, 0.1) is 12.1 Å². The first-order valence-electron chi connectivity index (χ1n) is 9.20. The Labute approximate surface area is 175 Å². The summed E-state index contributed by atoms with van der Waals surface area (Å²) < 4.78 is 2.22. The van der Waals surface area contributed by atoms with Gasteiger partial charge >= 0.3 is 5.69 Å². The minimum Gasteiger partial charge on any atom is -0.332 e. The Morgan fingerprint density at radius 3 is 2.71 bits per heavy atom. The minimum absolute atomic E-state index is 0.136. The van der Waals surface area contributed by atoms with Gasteiger partial charge in [-0.25, -0.2) is 19.3 Å². The van der Waals surface area contributed by atoms with Crippen LogP contribution in [0, 0.1) is 12.3 Å². The Bertz CT molecular complexity index is 1440. The normalized spacial score (nSPS) is 10.7. The van der Waals surface area contributed by atoms with Gasteiger partial charge in [0.15, 0.2) is 5.65 Å². The van der Waals surface area contributed by atoms with E-state index < -0.39 is 11.2 Å². The van der Waals surface area contributed by atoms with Gasteiger partial charge in [0.2, 0.25) is 0 Å². The van der Waals surface area contributed by atoms with Gasteiger partial charge in [0.25, 0.3) is 11.5 Å². The molecule has 31 heavy (non-hydrogen) atoms. The van der Waals surface area contributed by atoms with E-state index in [0.29, 0.717) is 22.8 Å². The fourth-order valence-corrected chi connectivity index (χ4v) is 3.13. The molecule has 0 spiro atoms. The highest BCUT2D eigenvalue weighted by Crippen LogP contribution is 2.20. The lowest BCUT2D eigenvalue weighted by molar-refractivity contribution is 0.0992. The van der Waals surface area contributed by atoms with Gasteiger partial charge in [-0.1, -0.05) is 5.92 Å². The number of anilines is 1. The van der Waals surface area contributed by atoms with Gasteiger partial charge in [-0.05, 0) is 24.3 Å². The average molecular weight is 415 g/mol. The van der Waals surface area contributed by atoms with Crippen molar-refractivity contribution in [2.24, 2.45) is 7.05 Å². The van der Waals surface area contributed by atoms with E-state index in [-0.39, 0.29) is 23.6 Å². The third kappa shape index (κ3) is 3.38. The molecular weight excluding hydrogens is 398 g/mol. The lowest BCUT2D eigenvalue weighted by Gasteiger charge is -2.16. The van der Waals surface area contributed by atoms with E-state index in [1.165, 1.54) is 28.9 Å². The summed E-state index contributed by atoms with van der Waals surface area (Å²) in [4.78, 5) is 54.5. The molecular formula is C21H17N7O3. The van der Waals surface area contributed by atoms with E-state index in [4.69, 9.17) is 6.42 Å². The summed E-state index contributed by atoms with van der Waals surface area (Å²) >= 11 is 0. The molecule has 0 bridgehead atoms.